The number of fused-ring (bicyclic) bond motifs is 1. The first-order valence-corrected chi connectivity index (χ1v) is 11.0. The molecule has 0 atom stereocenters. The lowest BCUT2D eigenvalue weighted by Crippen LogP contribution is -2.52. The number of urea groups is 1. The molecule has 2 aliphatic rings. The number of nitrogens with zero attached hydrogens (tertiary/aromatic N) is 3. The number of nitrogens with one attached hydrogen (secondary N) is 2. The van der Waals surface area contributed by atoms with Gasteiger partial charge < -0.3 is 20.3 Å². The van der Waals surface area contributed by atoms with Crippen LogP contribution in [0, 0.1) is 5.82 Å². The molecule has 2 aliphatic heterocycles. The van der Waals surface area contributed by atoms with Crippen LogP contribution in [0.1, 0.15) is 54.0 Å². The Morgan fingerprint density at radius 3 is 2.56 bits per heavy atom. The van der Waals surface area contributed by atoms with E-state index < -0.39 is 0 Å². The fourth-order valence-corrected chi connectivity index (χ4v) is 4.40. The molecule has 0 unspecified atom stereocenters. The molecule has 172 valence electrons. The number of amides is 3. The maximum absolute atomic E-state index is 13.0. The Morgan fingerprint density at radius 1 is 1.22 bits per heavy atom. The molecule has 2 N–H and O–H groups in total. The van der Waals surface area contributed by atoms with Crippen LogP contribution in [-0.4, -0.2) is 51.4 Å². The fourth-order valence-electron chi connectivity index (χ4n) is 4.40. The summed E-state index contributed by atoms with van der Waals surface area (Å²) < 4.78 is 21.1. The van der Waals surface area contributed by atoms with Crippen LogP contribution in [0.2, 0.25) is 0 Å². The lowest BCUT2D eigenvalue weighted by molar-refractivity contribution is -0.0982. The van der Waals surface area contributed by atoms with Crippen LogP contribution in [0.4, 0.5) is 9.18 Å². The molecule has 32 heavy (non-hydrogen) atoms. The van der Waals surface area contributed by atoms with Gasteiger partial charge in [0.05, 0.1) is 12.2 Å². The van der Waals surface area contributed by atoms with Crippen molar-refractivity contribution in [2.75, 3.05) is 13.1 Å². The fraction of sp³-hybridized carbons (Fsp3) is 0.522. The molecule has 3 amide bonds. The Labute approximate surface area is 187 Å². The number of aryl methyl sites for hydroxylation is 1. The van der Waals surface area contributed by atoms with Crippen molar-refractivity contribution in [1.82, 2.24) is 25.3 Å². The predicted molar refractivity (Wildman–Crippen MR) is 116 cm³/mol. The number of carbonyl (C=O) groups excluding carboxylic acids is 2. The van der Waals surface area contributed by atoms with E-state index in [-0.39, 0.29) is 29.4 Å². The maximum atomic E-state index is 13.0. The zero-order chi connectivity index (χ0) is 22.9. The van der Waals surface area contributed by atoms with Gasteiger partial charge in [-0.1, -0.05) is 12.1 Å². The largest absolute Gasteiger partial charge is 0.370 e. The van der Waals surface area contributed by atoms with Crippen molar-refractivity contribution in [2.45, 2.75) is 57.9 Å². The van der Waals surface area contributed by atoms with Gasteiger partial charge in [-0.05, 0) is 44.4 Å². The van der Waals surface area contributed by atoms with E-state index in [9.17, 15) is 14.0 Å². The molecule has 0 saturated carbocycles. The zero-order valence-corrected chi connectivity index (χ0v) is 18.8. The standard InChI is InChI=1S/C23H30FN5O3/c1-15(2)26-21(30)20-18-14-32-23(12-19(18)28(3)27-20)8-10-29(11-9-23)22(31)25-13-16-4-6-17(24)7-5-16/h4-7,15H,8-14H2,1-3H3,(H,25,31)(H,26,30). The van der Waals surface area contributed by atoms with Crippen molar-refractivity contribution in [3.63, 3.8) is 0 Å². The Kier molecular flexibility index (Phi) is 6.19. The highest BCUT2D eigenvalue weighted by atomic mass is 19.1. The highest BCUT2D eigenvalue weighted by Gasteiger charge is 2.42. The third kappa shape index (κ3) is 4.62. The molecule has 1 aromatic carbocycles. The van der Waals surface area contributed by atoms with Gasteiger partial charge in [-0.2, -0.15) is 5.10 Å². The number of benzene rings is 1. The molecule has 1 spiro atoms. The Bertz CT molecular complexity index is 994. The quantitative estimate of drug-likeness (QED) is 0.760. The van der Waals surface area contributed by atoms with Crippen molar-refractivity contribution >= 4 is 11.9 Å². The molecule has 1 fully saturated rings. The minimum absolute atomic E-state index is 0.0366. The second-order valence-corrected chi connectivity index (χ2v) is 8.95. The van der Waals surface area contributed by atoms with Crippen molar-refractivity contribution < 1.29 is 18.7 Å². The SMILES string of the molecule is CC(C)NC(=O)c1nn(C)c2c1COC1(CCN(C(=O)NCc3ccc(F)cc3)CC1)C2. The number of ether oxygens (including phenoxy) is 1. The summed E-state index contributed by atoms with van der Waals surface area (Å²) in [6.07, 6.45) is 2.11. The van der Waals surface area contributed by atoms with Gasteiger partial charge in [0.25, 0.3) is 5.91 Å². The molecule has 9 heteroatoms. The average Bonchev–Trinajstić information content (AvgIpc) is 3.09. The van der Waals surface area contributed by atoms with E-state index in [0.717, 1.165) is 29.7 Å². The summed E-state index contributed by atoms with van der Waals surface area (Å²) in [6, 6.07) is 6.01. The summed E-state index contributed by atoms with van der Waals surface area (Å²) >= 11 is 0. The summed E-state index contributed by atoms with van der Waals surface area (Å²) in [5.41, 5.74) is 2.82. The number of halogens is 1. The molecule has 3 heterocycles. The van der Waals surface area contributed by atoms with Crippen LogP contribution in [0.3, 0.4) is 0 Å². The van der Waals surface area contributed by atoms with Gasteiger partial charge in [-0.25, -0.2) is 9.18 Å². The van der Waals surface area contributed by atoms with Gasteiger partial charge in [0.15, 0.2) is 5.69 Å². The summed E-state index contributed by atoms with van der Waals surface area (Å²) in [6.45, 7) is 5.72. The van der Waals surface area contributed by atoms with E-state index in [4.69, 9.17) is 4.74 Å². The van der Waals surface area contributed by atoms with Gasteiger partial charge in [0.2, 0.25) is 0 Å². The summed E-state index contributed by atoms with van der Waals surface area (Å²) in [4.78, 5) is 26.9. The lowest BCUT2D eigenvalue weighted by atomic mass is 9.83. The molecule has 4 rings (SSSR count). The van der Waals surface area contributed by atoms with Crippen LogP contribution in [-0.2, 0) is 31.4 Å². The molecule has 0 bridgehead atoms. The van der Waals surface area contributed by atoms with Crippen LogP contribution >= 0.6 is 0 Å². The van der Waals surface area contributed by atoms with E-state index in [2.05, 4.69) is 15.7 Å². The van der Waals surface area contributed by atoms with Crippen molar-refractivity contribution in [3.05, 3.63) is 52.6 Å². The average molecular weight is 444 g/mol. The van der Waals surface area contributed by atoms with Crippen LogP contribution in [0.15, 0.2) is 24.3 Å². The number of carbonyl (C=O) groups is 2. The summed E-state index contributed by atoms with van der Waals surface area (Å²) in [7, 11) is 1.86. The van der Waals surface area contributed by atoms with Gasteiger partial charge in [0.1, 0.15) is 5.82 Å². The second-order valence-electron chi connectivity index (χ2n) is 8.95. The molecule has 1 saturated heterocycles. The number of rotatable bonds is 4. The Hall–Kier alpha value is -2.94. The van der Waals surface area contributed by atoms with Crippen LogP contribution in [0.25, 0.3) is 0 Å². The Morgan fingerprint density at radius 2 is 1.91 bits per heavy atom. The first-order valence-electron chi connectivity index (χ1n) is 11.0. The molecule has 2 aromatic rings. The van der Waals surface area contributed by atoms with Crippen molar-refractivity contribution in [2.24, 2.45) is 7.05 Å². The predicted octanol–water partition coefficient (Wildman–Crippen LogP) is 2.51. The van der Waals surface area contributed by atoms with E-state index >= 15 is 0 Å². The van der Waals surface area contributed by atoms with Crippen LogP contribution in [0.5, 0.6) is 0 Å². The molecule has 0 radical (unpaired) electrons. The Balaban J connectivity index is 1.35. The number of hydrogen-bond donors (Lipinski definition) is 2. The minimum Gasteiger partial charge on any atom is -0.370 e. The number of aromatic nitrogens is 2. The summed E-state index contributed by atoms with van der Waals surface area (Å²) in [5, 5.41) is 10.3. The minimum atomic E-state index is -0.347. The normalized spacial score (nSPS) is 17.3. The third-order valence-corrected chi connectivity index (χ3v) is 6.24. The smallest absolute Gasteiger partial charge is 0.317 e. The van der Waals surface area contributed by atoms with E-state index in [1.165, 1.54) is 12.1 Å². The van der Waals surface area contributed by atoms with Gasteiger partial charge in [-0.15, -0.1) is 0 Å². The van der Waals surface area contributed by atoms with Crippen LogP contribution < -0.4 is 10.6 Å². The number of hydrogen-bond acceptors (Lipinski definition) is 4. The maximum Gasteiger partial charge on any atom is 0.317 e. The lowest BCUT2D eigenvalue weighted by Gasteiger charge is -2.43. The molecule has 0 aliphatic carbocycles. The number of piperidine rings is 1. The zero-order valence-electron chi connectivity index (χ0n) is 18.8. The highest BCUT2D eigenvalue weighted by molar-refractivity contribution is 5.94. The third-order valence-electron chi connectivity index (χ3n) is 6.24. The first-order chi connectivity index (χ1) is 15.3. The van der Waals surface area contributed by atoms with E-state index in [1.54, 1.807) is 21.7 Å². The second kappa shape index (κ2) is 8.90. The highest BCUT2D eigenvalue weighted by Crippen LogP contribution is 2.37. The van der Waals surface area contributed by atoms with Crippen molar-refractivity contribution in [3.8, 4) is 0 Å². The van der Waals surface area contributed by atoms with Gasteiger partial charge in [0, 0.05) is 50.4 Å². The van der Waals surface area contributed by atoms with Gasteiger partial charge in [-0.3, -0.25) is 9.48 Å². The van der Waals surface area contributed by atoms with E-state index in [1.807, 2.05) is 20.9 Å². The molecular formula is C23H30FN5O3. The van der Waals surface area contributed by atoms with Gasteiger partial charge >= 0.3 is 6.03 Å². The molecular weight excluding hydrogens is 413 g/mol. The summed E-state index contributed by atoms with van der Waals surface area (Å²) in [5.74, 6) is -0.470. The molecule has 1 aromatic heterocycles. The topological polar surface area (TPSA) is 88.5 Å². The molecule has 8 nitrogen and oxygen atoms in total. The van der Waals surface area contributed by atoms with E-state index in [0.29, 0.717) is 38.4 Å². The number of likely N-dealkylation sites (tertiary alicyclic amines) is 1. The first kappa shape index (κ1) is 22.3. The monoisotopic (exact) mass is 443 g/mol. The van der Waals surface area contributed by atoms with Crippen molar-refractivity contribution in [1.29, 1.82) is 0 Å².